The molecule has 0 aliphatic carbocycles. The Kier molecular flexibility index (Phi) is 2.84. The van der Waals surface area contributed by atoms with Gasteiger partial charge in [-0.2, -0.15) is 0 Å². The molecule has 23 heavy (non-hydrogen) atoms. The van der Waals surface area contributed by atoms with Crippen LogP contribution in [0.2, 0.25) is 0 Å². The molecule has 2 aromatic heterocycles. The van der Waals surface area contributed by atoms with Gasteiger partial charge in [-0.3, -0.25) is 4.79 Å². The average Bonchev–Trinajstić information content (AvgIpc) is 2.53. The van der Waals surface area contributed by atoms with Crippen molar-refractivity contribution in [3.05, 3.63) is 48.0 Å². The van der Waals surface area contributed by atoms with E-state index >= 15 is 0 Å². The van der Waals surface area contributed by atoms with Gasteiger partial charge in [0.1, 0.15) is 11.3 Å². The molecule has 6 heteroatoms. The number of carbonyl (C=O) groups excluding carboxylic acids is 1. The molecule has 0 atom stereocenters. The molecule has 0 bridgehead atoms. The number of fused-ring (bicyclic) bond motifs is 4. The minimum absolute atomic E-state index is 0.0121. The Morgan fingerprint density at radius 3 is 2.91 bits per heavy atom. The molecule has 0 unspecified atom stereocenters. The van der Waals surface area contributed by atoms with E-state index in [0.29, 0.717) is 38.5 Å². The standard InChI is InChI=1S/C17H11N3O3/c1-9(21)19-11-5-2-4-10-15(11)12(22)8-14-16(10)20-17-13(23-14)6-3-7-18-17/h2-8,22H,1H3. The first-order chi connectivity index (χ1) is 11.1. The van der Waals surface area contributed by atoms with Crippen molar-refractivity contribution in [2.45, 2.75) is 6.92 Å². The lowest BCUT2D eigenvalue weighted by molar-refractivity contribution is -0.116. The fourth-order valence-electron chi connectivity index (χ4n) is 2.63. The number of aromatic hydroxyl groups is 1. The van der Waals surface area contributed by atoms with Gasteiger partial charge in [-0.15, -0.1) is 0 Å². The molecule has 112 valence electrons. The SMILES string of the molecule is CC(=O)N=c1cccc2c1c(O)cc1oc3cccnc3nc12. The maximum Gasteiger partial charge on any atom is 0.243 e. The summed E-state index contributed by atoms with van der Waals surface area (Å²) in [7, 11) is 0. The summed E-state index contributed by atoms with van der Waals surface area (Å²) < 4.78 is 5.77. The molecule has 4 rings (SSSR count). The van der Waals surface area contributed by atoms with Gasteiger partial charge in [0.05, 0.1) is 10.7 Å². The predicted molar refractivity (Wildman–Crippen MR) is 84.7 cm³/mol. The highest BCUT2D eigenvalue weighted by Gasteiger charge is 2.12. The van der Waals surface area contributed by atoms with Crippen LogP contribution in [0.5, 0.6) is 5.75 Å². The number of amides is 1. The number of phenolic OH excluding ortho intramolecular Hbond substituents is 1. The van der Waals surface area contributed by atoms with E-state index in [1.165, 1.54) is 13.0 Å². The van der Waals surface area contributed by atoms with Crippen molar-refractivity contribution in [2.24, 2.45) is 4.99 Å². The van der Waals surface area contributed by atoms with Crippen LogP contribution in [0, 0.1) is 0 Å². The molecule has 0 saturated carbocycles. The zero-order valence-electron chi connectivity index (χ0n) is 12.1. The lowest BCUT2D eigenvalue weighted by atomic mass is 10.1. The molecule has 0 spiro atoms. The minimum atomic E-state index is -0.338. The Morgan fingerprint density at radius 1 is 1.22 bits per heavy atom. The summed E-state index contributed by atoms with van der Waals surface area (Å²) in [5.74, 6) is -0.350. The highest BCUT2D eigenvalue weighted by molar-refractivity contribution is 6.07. The van der Waals surface area contributed by atoms with Crippen LogP contribution < -0.4 is 5.36 Å². The zero-order valence-corrected chi connectivity index (χ0v) is 12.1. The van der Waals surface area contributed by atoms with Gasteiger partial charge in [-0.25, -0.2) is 15.0 Å². The summed E-state index contributed by atoms with van der Waals surface area (Å²) >= 11 is 0. The van der Waals surface area contributed by atoms with E-state index in [1.807, 2.05) is 0 Å². The third kappa shape index (κ3) is 2.12. The van der Waals surface area contributed by atoms with E-state index < -0.39 is 0 Å². The monoisotopic (exact) mass is 305 g/mol. The van der Waals surface area contributed by atoms with Gasteiger partial charge in [0.15, 0.2) is 16.8 Å². The van der Waals surface area contributed by atoms with Crippen LogP contribution in [-0.2, 0) is 4.79 Å². The van der Waals surface area contributed by atoms with Gasteiger partial charge in [-0.1, -0.05) is 12.1 Å². The predicted octanol–water partition coefficient (Wildman–Crippen LogP) is 2.68. The lowest BCUT2D eigenvalue weighted by Crippen LogP contribution is -2.06. The third-order valence-electron chi connectivity index (χ3n) is 3.52. The summed E-state index contributed by atoms with van der Waals surface area (Å²) in [5, 5.41) is 11.9. The van der Waals surface area contributed by atoms with E-state index in [1.54, 1.807) is 36.5 Å². The van der Waals surface area contributed by atoms with Gasteiger partial charge in [0.25, 0.3) is 0 Å². The van der Waals surface area contributed by atoms with Crippen LogP contribution in [-0.4, -0.2) is 21.0 Å². The molecular formula is C17H11N3O3. The van der Waals surface area contributed by atoms with Crippen LogP contribution in [0.25, 0.3) is 33.1 Å². The number of benzene rings is 2. The molecule has 0 aliphatic heterocycles. The van der Waals surface area contributed by atoms with Crippen molar-refractivity contribution in [3.63, 3.8) is 0 Å². The number of carbonyl (C=O) groups is 1. The van der Waals surface area contributed by atoms with Gasteiger partial charge in [0, 0.05) is 24.6 Å². The summed E-state index contributed by atoms with van der Waals surface area (Å²) in [6.07, 6.45) is 1.63. The first-order valence-corrected chi connectivity index (χ1v) is 6.99. The van der Waals surface area contributed by atoms with E-state index in [2.05, 4.69) is 15.0 Å². The first kappa shape index (κ1) is 13.4. The second-order valence-electron chi connectivity index (χ2n) is 5.11. The van der Waals surface area contributed by atoms with Gasteiger partial charge in [-0.05, 0) is 18.2 Å². The molecular weight excluding hydrogens is 294 g/mol. The molecule has 6 nitrogen and oxygen atoms in total. The van der Waals surface area contributed by atoms with Crippen LogP contribution in [0.3, 0.4) is 0 Å². The number of aromatic nitrogens is 2. The average molecular weight is 305 g/mol. The molecule has 0 fully saturated rings. The normalized spacial score (nSPS) is 12.3. The number of phenols is 1. The van der Waals surface area contributed by atoms with Crippen molar-refractivity contribution in [1.29, 1.82) is 0 Å². The second kappa shape index (κ2) is 4.88. The summed E-state index contributed by atoms with van der Waals surface area (Å²) in [6, 6.07) is 10.2. The molecule has 2 heterocycles. The summed E-state index contributed by atoms with van der Waals surface area (Å²) in [4.78, 5) is 24.0. The Hall–Kier alpha value is -3.28. The first-order valence-electron chi connectivity index (χ1n) is 6.99. The largest absolute Gasteiger partial charge is 0.507 e. The smallest absolute Gasteiger partial charge is 0.243 e. The second-order valence-corrected chi connectivity index (χ2v) is 5.11. The highest BCUT2D eigenvalue weighted by Crippen LogP contribution is 2.31. The number of pyridine rings is 1. The zero-order chi connectivity index (χ0) is 16.0. The topological polar surface area (TPSA) is 88.6 Å². The number of rotatable bonds is 0. The molecule has 4 aromatic rings. The Bertz CT molecular complexity index is 1160. The molecule has 1 amide bonds. The highest BCUT2D eigenvalue weighted by atomic mass is 16.3. The van der Waals surface area contributed by atoms with Crippen molar-refractivity contribution in [3.8, 4) is 5.75 Å². The van der Waals surface area contributed by atoms with Crippen molar-refractivity contribution < 1.29 is 14.3 Å². The van der Waals surface area contributed by atoms with E-state index in [0.717, 1.165) is 0 Å². The van der Waals surface area contributed by atoms with E-state index in [-0.39, 0.29) is 11.7 Å². The molecule has 1 N–H and O–H groups in total. The van der Waals surface area contributed by atoms with Crippen molar-refractivity contribution in [1.82, 2.24) is 9.97 Å². The Labute approximate surface area is 129 Å². The third-order valence-corrected chi connectivity index (χ3v) is 3.52. The van der Waals surface area contributed by atoms with E-state index in [9.17, 15) is 9.90 Å². The van der Waals surface area contributed by atoms with Crippen LogP contribution >= 0.6 is 0 Å². The van der Waals surface area contributed by atoms with Crippen LogP contribution in [0.1, 0.15) is 6.92 Å². The number of hydrogen-bond acceptors (Lipinski definition) is 5. The van der Waals surface area contributed by atoms with Crippen LogP contribution in [0.15, 0.2) is 52.0 Å². The number of hydrogen-bond donors (Lipinski definition) is 1. The minimum Gasteiger partial charge on any atom is -0.507 e. The van der Waals surface area contributed by atoms with E-state index in [4.69, 9.17) is 4.42 Å². The molecule has 2 aromatic carbocycles. The van der Waals surface area contributed by atoms with Gasteiger partial charge < -0.3 is 9.52 Å². The maximum atomic E-state index is 11.3. The van der Waals surface area contributed by atoms with Crippen LogP contribution in [0.4, 0.5) is 0 Å². The van der Waals surface area contributed by atoms with Crippen molar-refractivity contribution in [2.75, 3.05) is 0 Å². The summed E-state index contributed by atoms with van der Waals surface area (Å²) in [6.45, 7) is 1.36. The van der Waals surface area contributed by atoms with Gasteiger partial charge >= 0.3 is 0 Å². The molecule has 0 saturated heterocycles. The Morgan fingerprint density at radius 2 is 2.09 bits per heavy atom. The fraction of sp³-hybridized carbons (Fsp3) is 0.0588. The quantitative estimate of drug-likeness (QED) is 0.398. The fourth-order valence-corrected chi connectivity index (χ4v) is 2.63. The van der Waals surface area contributed by atoms with Crippen molar-refractivity contribution >= 4 is 39.0 Å². The molecule has 0 radical (unpaired) electrons. The molecule has 0 aliphatic rings. The maximum absolute atomic E-state index is 11.3. The number of nitrogens with zero attached hydrogens (tertiary/aromatic N) is 3. The summed E-state index contributed by atoms with van der Waals surface area (Å²) in [5.41, 5.74) is 2.00. The van der Waals surface area contributed by atoms with Gasteiger partial charge in [0.2, 0.25) is 5.91 Å². The Balaban J connectivity index is 2.24. The lowest BCUT2D eigenvalue weighted by Gasteiger charge is -2.06.